The van der Waals surface area contributed by atoms with Gasteiger partial charge in [0.25, 0.3) is 0 Å². The van der Waals surface area contributed by atoms with Crippen molar-refractivity contribution in [2.24, 2.45) is 0 Å². The van der Waals surface area contributed by atoms with Crippen LogP contribution in [0.15, 0.2) is 40.9 Å². The largest absolute Gasteiger partial charge is 0.306 e. The fourth-order valence-corrected chi connectivity index (χ4v) is 3.14. The summed E-state index contributed by atoms with van der Waals surface area (Å²) in [5, 5.41) is 3.33. The Morgan fingerprint density at radius 1 is 1.14 bits per heavy atom. The van der Waals surface area contributed by atoms with E-state index in [0.717, 1.165) is 32.6 Å². The molecule has 112 valence electrons. The lowest BCUT2D eigenvalue weighted by molar-refractivity contribution is 0.532. The fourth-order valence-electron chi connectivity index (χ4n) is 2.15. The first-order valence-corrected chi connectivity index (χ1v) is 8.53. The first-order valence-electron chi connectivity index (χ1n) is 6.66. The van der Waals surface area contributed by atoms with E-state index >= 15 is 0 Å². The molecule has 0 saturated heterocycles. The van der Waals surface area contributed by atoms with Gasteiger partial charge in [-0.15, -0.1) is 0 Å². The van der Waals surface area contributed by atoms with Crippen LogP contribution in [-0.4, -0.2) is 6.54 Å². The summed E-state index contributed by atoms with van der Waals surface area (Å²) in [5.41, 5.74) is 1.40. The van der Waals surface area contributed by atoms with Gasteiger partial charge in [-0.25, -0.2) is 8.78 Å². The lowest BCUT2D eigenvalue weighted by Crippen LogP contribution is -2.24. The van der Waals surface area contributed by atoms with Crippen molar-refractivity contribution in [3.8, 4) is 0 Å². The second-order valence-electron chi connectivity index (χ2n) is 4.72. The molecule has 0 saturated carbocycles. The second-order valence-corrected chi connectivity index (χ2v) is 6.82. The maximum absolute atomic E-state index is 14.1. The van der Waals surface area contributed by atoms with E-state index in [1.807, 2.05) is 18.2 Å². The first kappa shape index (κ1) is 16.8. The van der Waals surface area contributed by atoms with Gasteiger partial charge in [-0.1, -0.05) is 28.9 Å². The molecule has 0 amide bonds. The summed E-state index contributed by atoms with van der Waals surface area (Å²) in [5.74, 6) is -1.10. The van der Waals surface area contributed by atoms with Gasteiger partial charge in [0.05, 0.1) is 6.04 Å². The highest BCUT2D eigenvalue weighted by molar-refractivity contribution is 14.1. The fraction of sp³-hybridized carbons (Fsp3) is 0.250. The Balaban J connectivity index is 2.49. The van der Waals surface area contributed by atoms with Gasteiger partial charge in [-0.2, -0.15) is 0 Å². The standard InChI is InChI=1S/C16H15BrF2IN/c1-2-7-21-16(12-5-3-10(18)8-15(12)19)13-9-11(20)4-6-14(13)17/h3-6,8-9,16,21H,2,7H2,1H3. The molecule has 1 atom stereocenters. The first-order chi connectivity index (χ1) is 10.0. The average molecular weight is 466 g/mol. The Bertz CT molecular complexity index is 634. The summed E-state index contributed by atoms with van der Waals surface area (Å²) >= 11 is 5.74. The molecule has 0 radical (unpaired) electrons. The summed E-state index contributed by atoms with van der Waals surface area (Å²) in [4.78, 5) is 0. The highest BCUT2D eigenvalue weighted by atomic mass is 127. The van der Waals surface area contributed by atoms with Gasteiger partial charge in [0.2, 0.25) is 0 Å². The average Bonchev–Trinajstić information content (AvgIpc) is 2.44. The molecule has 0 aromatic heterocycles. The number of nitrogens with one attached hydrogen (secondary N) is 1. The molecule has 0 aliphatic rings. The molecule has 1 nitrogen and oxygen atoms in total. The monoisotopic (exact) mass is 465 g/mol. The third-order valence-electron chi connectivity index (χ3n) is 3.14. The Morgan fingerprint density at radius 3 is 2.57 bits per heavy atom. The van der Waals surface area contributed by atoms with Crippen molar-refractivity contribution < 1.29 is 8.78 Å². The van der Waals surface area contributed by atoms with Crippen LogP contribution in [-0.2, 0) is 0 Å². The Kier molecular flexibility index (Phi) is 6.13. The van der Waals surface area contributed by atoms with E-state index in [4.69, 9.17) is 0 Å². The Labute approximate surface area is 145 Å². The molecule has 2 rings (SSSR count). The van der Waals surface area contributed by atoms with Crippen LogP contribution >= 0.6 is 38.5 Å². The quantitative estimate of drug-likeness (QED) is 0.581. The van der Waals surface area contributed by atoms with Crippen molar-refractivity contribution in [1.29, 1.82) is 0 Å². The van der Waals surface area contributed by atoms with E-state index in [2.05, 4.69) is 50.8 Å². The van der Waals surface area contributed by atoms with E-state index in [1.54, 1.807) is 0 Å². The van der Waals surface area contributed by atoms with Crippen LogP contribution in [0.3, 0.4) is 0 Å². The number of hydrogen-bond acceptors (Lipinski definition) is 1. The lowest BCUT2D eigenvalue weighted by atomic mass is 9.98. The maximum Gasteiger partial charge on any atom is 0.131 e. The van der Waals surface area contributed by atoms with Gasteiger partial charge in [0.15, 0.2) is 0 Å². The zero-order chi connectivity index (χ0) is 15.4. The molecule has 0 fully saturated rings. The van der Waals surface area contributed by atoms with Crippen molar-refractivity contribution in [3.05, 3.63) is 67.2 Å². The Morgan fingerprint density at radius 2 is 1.90 bits per heavy atom. The molecule has 1 unspecified atom stereocenters. The molecule has 2 aromatic carbocycles. The number of halogens is 4. The molecule has 2 aromatic rings. The third-order valence-corrected chi connectivity index (χ3v) is 4.53. The zero-order valence-electron chi connectivity index (χ0n) is 11.5. The molecule has 0 bridgehead atoms. The SMILES string of the molecule is CCCNC(c1ccc(F)cc1F)c1cc(I)ccc1Br. The second kappa shape index (κ2) is 7.65. The van der Waals surface area contributed by atoms with Crippen LogP contribution in [0.5, 0.6) is 0 Å². The number of rotatable bonds is 5. The van der Waals surface area contributed by atoms with Crippen molar-refractivity contribution in [3.63, 3.8) is 0 Å². The molecule has 21 heavy (non-hydrogen) atoms. The van der Waals surface area contributed by atoms with E-state index in [-0.39, 0.29) is 6.04 Å². The van der Waals surface area contributed by atoms with Gasteiger partial charge < -0.3 is 5.32 Å². The highest BCUT2D eigenvalue weighted by Gasteiger charge is 2.20. The Hall–Kier alpha value is -0.530. The van der Waals surface area contributed by atoms with E-state index in [9.17, 15) is 8.78 Å². The van der Waals surface area contributed by atoms with Gasteiger partial charge in [0, 0.05) is 19.7 Å². The normalized spacial score (nSPS) is 12.4. The third kappa shape index (κ3) is 4.23. The van der Waals surface area contributed by atoms with Crippen LogP contribution in [0.2, 0.25) is 0 Å². The maximum atomic E-state index is 14.1. The predicted molar refractivity (Wildman–Crippen MR) is 93.4 cm³/mol. The smallest absolute Gasteiger partial charge is 0.131 e. The van der Waals surface area contributed by atoms with Crippen molar-refractivity contribution >= 4 is 38.5 Å². The lowest BCUT2D eigenvalue weighted by Gasteiger charge is -2.22. The van der Waals surface area contributed by atoms with Crippen molar-refractivity contribution in [2.45, 2.75) is 19.4 Å². The van der Waals surface area contributed by atoms with Gasteiger partial charge >= 0.3 is 0 Å². The molecular formula is C16H15BrF2IN. The molecule has 5 heteroatoms. The minimum atomic E-state index is -0.563. The minimum Gasteiger partial charge on any atom is -0.306 e. The molecule has 1 N–H and O–H groups in total. The molecule has 0 spiro atoms. The van der Waals surface area contributed by atoms with E-state index < -0.39 is 11.6 Å². The molecule has 0 aliphatic carbocycles. The topological polar surface area (TPSA) is 12.0 Å². The van der Waals surface area contributed by atoms with Gasteiger partial charge in [0.1, 0.15) is 11.6 Å². The minimum absolute atomic E-state index is 0.311. The summed E-state index contributed by atoms with van der Waals surface area (Å²) < 4.78 is 29.3. The van der Waals surface area contributed by atoms with Gasteiger partial charge in [-0.05, 0) is 65.4 Å². The molecule has 0 aliphatic heterocycles. The highest BCUT2D eigenvalue weighted by Crippen LogP contribution is 2.31. The van der Waals surface area contributed by atoms with Crippen LogP contribution in [0.25, 0.3) is 0 Å². The molecule has 0 heterocycles. The van der Waals surface area contributed by atoms with Crippen LogP contribution in [0.4, 0.5) is 8.78 Å². The summed E-state index contributed by atoms with van der Waals surface area (Å²) in [6.45, 7) is 2.80. The zero-order valence-corrected chi connectivity index (χ0v) is 15.2. The van der Waals surface area contributed by atoms with Crippen LogP contribution in [0.1, 0.15) is 30.5 Å². The van der Waals surface area contributed by atoms with Gasteiger partial charge in [-0.3, -0.25) is 0 Å². The van der Waals surface area contributed by atoms with Crippen LogP contribution < -0.4 is 5.32 Å². The summed E-state index contributed by atoms with van der Waals surface area (Å²) in [7, 11) is 0. The van der Waals surface area contributed by atoms with Crippen molar-refractivity contribution in [2.75, 3.05) is 6.54 Å². The van der Waals surface area contributed by atoms with E-state index in [0.29, 0.717) is 5.56 Å². The summed E-state index contributed by atoms with van der Waals surface area (Å²) in [6, 6.07) is 9.34. The van der Waals surface area contributed by atoms with Crippen molar-refractivity contribution in [1.82, 2.24) is 5.32 Å². The summed E-state index contributed by atoms with van der Waals surface area (Å²) in [6.07, 6.45) is 0.931. The van der Waals surface area contributed by atoms with Crippen LogP contribution in [0, 0.1) is 15.2 Å². The predicted octanol–water partition coefficient (Wildman–Crippen LogP) is 5.42. The molecular weight excluding hydrogens is 451 g/mol. The number of benzene rings is 2. The van der Waals surface area contributed by atoms with E-state index in [1.165, 1.54) is 12.1 Å². The number of hydrogen-bond donors (Lipinski definition) is 1.